The van der Waals surface area contributed by atoms with Gasteiger partial charge in [-0.1, -0.05) is 30.3 Å². The van der Waals surface area contributed by atoms with Gasteiger partial charge in [0, 0.05) is 38.4 Å². The van der Waals surface area contributed by atoms with E-state index in [4.69, 9.17) is 4.98 Å². The third-order valence-electron chi connectivity index (χ3n) is 5.33. The molecule has 3 aromatic rings. The van der Waals surface area contributed by atoms with Gasteiger partial charge in [-0.2, -0.15) is 0 Å². The molecule has 5 nitrogen and oxygen atoms in total. The first-order valence-corrected chi connectivity index (χ1v) is 9.28. The van der Waals surface area contributed by atoms with Crippen molar-refractivity contribution in [3.05, 3.63) is 66.0 Å². The maximum absolute atomic E-state index is 4.74. The zero-order valence-electron chi connectivity index (χ0n) is 15.5. The molecule has 0 saturated carbocycles. The summed E-state index contributed by atoms with van der Waals surface area (Å²) in [5.74, 6) is 1.40. The Hall–Kier alpha value is -2.53. The Bertz CT molecular complexity index is 871. The van der Waals surface area contributed by atoms with Crippen molar-refractivity contribution in [3.8, 4) is 11.4 Å². The van der Waals surface area contributed by atoms with Crippen LogP contribution in [0.4, 0.5) is 0 Å². The van der Waals surface area contributed by atoms with Crippen molar-refractivity contribution in [2.45, 2.75) is 32.2 Å². The van der Waals surface area contributed by atoms with Crippen LogP contribution in [0.15, 0.2) is 48.9 Å². The maximum atomic E-state index is 4.74. The molecule has 26 heavy (non-hydrogen) atoms. The molecule has 1 atom stereocenters. The number of piperidine rings is 1. The van der Waals surface area contributed by atoms with E-state index in [0.717, 1.165) is 49.0 Å². The lowest BCUT2D eigenvalue weighted by atomic mass is 9.92. The van der Waals surface area contributed by atoms with Crippen LogP contribution in [0.25, 0.3) is 11.4 Å². The monoisotopic (exact) mass is 347 g/mol. The van der Waals surface area contributed by atoms with Gasteiger partial charge in [-0.3, -0.25) is 14.9 Å². The first-order chi connectivity index (χ1) is 12.7. The second-order valence-electron chi connectivity index (χ2n) is 7.10. The van der Waals surface area contributed by atoms with Crippen LogP contribution in [-0.4, -0.2) is 37.5 Å². The Morgan fingerprint density at radius 1 is 1.08 bits per heavy atom. The number of imidazole rings is 1. The second-order valence-corrected chi connectivity index (χ2v) is 7.10. The number of aryl methyl sites for hydroxylation is 1. The Kier molecular flexibility index (Phi) is 4.80. The van der Waals surface area contributed by atoms with Crippen molar-refractivity contribution in [1.29, 1.82) is 0 Å². The summed E-state index contributed by atoms with van der Waals surface area (Å²) in [5, 5.41) is 0. The van der Waals surface area contributed by atoms with Gasteiger partial charge < -0.3 is 4.57 Å². The van der Waals surface area contributed by atoms with E-state index in [1.807, 2.05) is 26.4 Å². The van der Waals surface area contributed by atoms with Crippen LogP contribution in [0.5, 0.6) is 0 Å². The van der Waals surface area contributed by atoms with Crippen LogP contribution in [0.3, 0.4) is 0 Å². The van der Waals surface area contributed by atoms with Crippen molar-refractivity contribution in [2.75, 3.05) is 13.1 Å². The largest absolute Gasteiger partial charge is 0.330 e. The molecule has 1 aliphatic rings. The van der Waals surface area contributed by atoms with E-state index in [-0.39, 0.29) is 0 Å². The lowest BCUT2D eigenvalue weighted by molar-refractivity contribution is 0.198. The van der Waals surface area contributed by atoms with Crippen LogP contribution in [0, 0.1) is 6.92 Å². The minimum Gasteiger partial charge on any atom is -0.330 e. The molecule has 1 aromatic carbocycles. The van der Waals surface area contributed by atoms with E-state index in [9.17, 15) is 0 Å². The summed E-state index contributed by atoms with van der Waals surface area (Å²) in [6.45, 7) is 5.18. The molecule has 0 aliphatic carbocycles. The van der Waals surface area contributed by atoms with E-state index >= 15 is 0 Å². The molecule has 3 heterocycles. The smallest absolute Gasteiger partial charge is 0.110 e. The molecule has 0 bridgehead atoms. The minimum absolute atomic E-state index is 0.409. The fourth-order valence-corrected chi connectivity index (χ4v) is 3.83. The molecule has 1 unspecified atom stereocenters. The number of benzene rings is 1. The highest BCUT2D eigenvalue weighted by atomic mass is 15.1. The van der Waals surface area contributed by atoms with Crippen molar-refractivity contribution >= 4 is 0 Å². The molecule has 2 aromatic heterocycles. The van der Waals surface area contributed by atoms with Gasteiger partial charge in [-0.25, -0.2) is 4.98 Å². The van der Waals surface area contributed by atoms with Gasteiger partial charge in [-0.15, -0.1) is 0 Å². The van der Waals surface area contributed by atoms with Gasteiger partial charge in [0.1, 0.15) is 11.5 Å². The first kappa shape index (κ1) is 16.9. The van der Waals surface area contributed by atoms with E-state index < -0.39 is 0 Å². The molecule has 4 rings (SSSR count). The average molecular weight is 347 g/mol. The average Bonchev–Trinajstić information content (AvgIpc) is 3.01. The highest BCUT2D eigenvalue weighted by Gasteiger charge is 2.26. The summed E-state index contributed by atoms with van der Waals surface area (Å²) in [7, 11) is 2.04. The van der Waals surface area contributed by atoms with Crippen molar-refractivity contribution in [2.24, 2.45) is 7.05 Å². The molecular formula is C21H25N5. The van der Waals surface area contributed by atoms with E-state index in [0.29, 0.717) is 5.92 Å². The number of hydrogen-bond donors (Lipinski definition) is 0. The lowest BCUT2D eigenvalue weighted by Gasteiger charge is -2.33. The molecule has 0 N–H and O–H groups in total. The van der Waals surface area contributed by atoms with Crippen molar-refractivity contribution < 1.29 is 0 Å². The summed E-state index contributed by atoms with van der Waals surface area (Å²) in [5.41, 5.74) is 4.50. The summed E-state index contributed by atoms with van der Waals surface area (Å²) < 4.78 is 2.10. The molecule has 5 heteroatoms. The minimum atomic E-state index is 0.409. The van der Waals surface area contributed by atoms with Crippen molar-refractivity contribution in [1.82, 2.24) is 24.4 Å². The molecule has 1 aliphatic heterocycles. The summed E-state index contributed by atoms with van der Waals surface area (Å²) in [4.78, 5) is 16.4. The van der Waals surface area contributed by atoms with E-state index in [1.54, 1.807) is 6.20 Å². The molecular weight excluding hydrogens is 322 g/mol. The predicted octanol–water partition coefficient (Wildman–Crippen LogP) is 3.57. The Balaban J connectivity index is 1.58. The van der Waals surface area contributed by atoms with Crippen LogP contribution < -0.4 is 0 Å². The van der Waals surface area contributed by atoms with E-state index in [2.05, 4.69) is 49.8 Å². The third kappa shape index (κ3) is 3.40. The standard InChI is InChI=1S/C21H25N5/c1-16-24-13-19(25(16)2)21-20(22-10-11-23-21)18-9-6-12-26(15-18)14-17-7-4-3-5-8-17/h3-5,7-8,10-11,13,18H,6,9,12,14-15H2,1-2H3. The number of likely N-dealkylation sites (tertiary alicyclic amines) is 1. The fourth-order valence-electron chi connectivity index (χ4n) is 3.83. The van der Waals surface area contributed by atoms with Gasteiger partial charge in [0.2, 0.25) is 0 Å². The number of nitrogens with zero attached hydrogens (tertiary/aromatic N) is 5. The number of aromatic nitrogens is 4. The third-order valence-corrected chi connectivity index (χ3v) is 5.33. The number of hydrogen-bond acceptors (Lipinski definition) is 4. The lowest BCUT2D eigenvalue weighted by Crippen LogP contribution is -2.34. The SMILES string of the molecule is Cc1ncc(-c2nccnc2C2CCCN(Cc3ccccc3)C2)n1C. The first-order valence-electron chi connectivity index (χ1n) is 9.28. The highest BCUT2D eigenvalue weighted by molar-refractivity contribution is 5.58. The van der Waals surface area contributed by atoms with Gasteiger partial charge >= 0.3 is 0 Å². The quantitative estimate of drug-likeness (QED) is 0.724. The molecule has 0 spiro atoms. The van der Waals surface area contributed by atoms with Crippen LogP contribution in [0.2, 0.25) is 0 Å². The number of rotatable bonds is 4. The van der Waals surface area contributed by atoms with Crippen LogP contribution in [-0.2, 0) is 13.6 Å². The normalized spacial score (nSPS) is 18.2. The van der Waals surface area contributed by atoms with Crippen LogP contribution in [0.1, 0.15) is 35.8 Å². The highest BCUT2D eigenvalue weighted by Crippen LogP contribution is 2.32. The molecule has 1 fully saturated rings. The molecule has 0 amide bonds. The Morgan fingerprint density at radius 2 is 1.88 bits per heavy atom. The zero-order chi connectivity index (χ0) is 17.9. The Labute approximate surface area is 154 Å². The van der Waals surface area contributed by atoms with Crippen molar-refractivity contribution in [3.63, 3.8) is 0 Å². The molecule has 1 saturated heterocycles. The topological polar surface area (TPSA) is 46.8 Å². The van der Waals surface area contributed by atoms with Crippen LogP contribution >= 0.6 is 0 Å². The Morgan fingerprint density at radius 3 is 2.65 bits per heavy atom. The van der Waals surface area contributed by atoms with Gasteiger partial charge in [0.25, 0.3) is 0 Å². The maximum Gasteiger partial charge on any atom is 0.110 e. The van der Waals surface area contributed by atoms with E-state index in [1.165, 1.54) is 12.0 Å². The van der Waals surface area contributed by atoms with Gasteiger partial charge in [0.15, 0.2) is 0 Å². The van der Waals surface area contributed by atoms with Gasteiger partial charge in [0.05, 0.1) is 17.6 Å². The predicted molar refractivity (Wildman–Crippen MR) is 103 cm³/mol. The molecule has 134 valence electrons. The molecule has 0 radical (unpaired) electrons. The second kappa shape index (κ2) is 7.38. The summed E-state index contributed by atoms with van der Waals surface area (Å²) >= 11 is 0. The summed E-state index contributed by atoms with van der Waals surface area (Å²) in [6.07, 6.45) is 7.86. The van der Waals surface area contributed by atoms with Gasteiger partial charge in [-0.05, 0) is 31.9 Å². The summed E-state index contributed by atoms with van der Waals surface area (Å²) in [6, 6.07) is 10.7. The fraction of sp³-hybridized carbons (Fsp3) is 0.381. The zero-order valence-corrected chi connectivity index (χ0v) is 15.5.